The van der Waals surface area contributed by atoms with Crippen LogP contribution in [0.15, 0.2) is 0 Å². The van der Waals surface area contributed by atoms with Crippen molar-refractivity contribution in [2.24, 2.45) is 5.92 Å². The highest BCUT2D eigenvalue weighted by atomic mass is 28.3. The second-order valence-electron chi connectivity index (χ2n) is 9.98. The molecule has 0 radical (unpaired) electrons. The predicted octanol–water partition coefficient (Wildman–Crippen LogP) is 5.64. The lowest BCUT2D eigenvalue weighted by Gasteiger charge is -2.37. The molecule has 2 nitrogen and oxygen atoms in total. The van der Waals surface area contributed by atoms with E-state index in [4.69, 9.17) is 0 Å². The maximum atomic E-state index is 12.8. The summed E-state index contributed by atoms with van der Waals surface area (Å²) in [5.41, 5.74) is 0. The monoisotopic (exact) mass is 342 g/mol. The SMILES string of the molecule is CC(CCC(=O)[Si](C)(C)C(C)(C)C)C(=O)[Si](C)(C)C(C)(C)C. The molecule has 130 valence electrons. The van der Waals surface area contributed by atoms with Gasteiger partial charge in [-0.2, -0.15) is 0 Å². The Morgan fingerprint density at radius 2 is 1.18 bits per heavy atom. The van der Waals surface area contributed by atoms with Gasteiger partial charge in [0.15, 0.2) is 0 Å². The predicted molar refractivity (Wildman–Crippen MR) is 103 cm³/mol. The van der Waals surface area contributed by atoms with Gasteiger partial charge in [-0.1, -0.05) is 74.7 Å². The summed E-state index contributed by atoms with van der Waals surface area (Å²) in [6.45, 7) is 23.7. The fourth-order valence-electron chi connectivity index (χ4n) is 2.20. The summed E-state index contributed by atoms with van der Waals surface area (Å²) in [6.07, 6.45) is 1.29. The molecule has 0 aromatic carbocycles. The van der Waals surface area contributed by atoms with Crippen molar-refractivity contribution < 1.29 is 9.59 Å². The zero-order valence-electron chi connectivity index (χ0n) is 16.8. The highest BCUT2D eigenvalue weighted by Gasteiger charge is 2.45. The van der Waals surface area contributed by atoms with Gasteiger partial charge in [-0.05, 0) is 16.5 Å². The van der Waals surface area contributed by atoms with Crippen LogP contribution >= 0.6 is 0 Å². The number of hydrogen-bond donors (Lipinski definition) is 0. The Bertz CT molecular complexity index is 423. The molecule has 0 aliphatic carbocycles. The molecule has 0 spiro atoms. The molecule has 0 aromatic rings. The molecule has 22 heavy (non-hydrogen) atoms. The molecule has 1 unspecified atom stereocenters. The first-order chi connectivity index (χ1) is 9.46. The van der Waals surface area contributed by atoms with E-state index >= 15 is 0 Å². The van der Waals surface area contributed by atoms with Crippen molar-refractivity contribution in [1.82, 2.24) is 0 Å². The summed E-state index contributed by atoms with van der Waals surface area (Å²) in [7, 11) is -3.90. The first-order valence-corrected chi connectivity index (χ1v) is 14.5. The highest BCUT2D eigenvalue weighted by Crippen LogP contribution is 2.39. The van der Waals surface area contributed by atoms with Gasteiger partial charge in [0, 0.05) is 12.3 Å². The van der Waals surface area contributed by atoms with Crippen LogP contribution in [0.5, 0.6) is 0 Å². The van der Waals surface area contributed by atoms with E-state index in [1.165, 1.54) is 0 Å². The maximum Gasteiger partial charge on any atom is 0.132 e. The molecule has 0 saturated carbocycles. The van der Waals surface area contributed by atoms with E-state index in [-0.39, 0.29) is 16.0 Å². The molecule has 0 heterocycles. The van der Waals surface area contributed by atoms with Crippen LogP contribution in [0.25, 0.3) is 0 Å². The second-order valence-corrected chi connectivity index (χ2v) is 20.5. The highest BCUT2D eigenvalue weighted by molar-refractivity contribution is 7.07. The largest absolute Gasteiger partial charge is 0.305 e. The zero-order chi connectivity index (χ0) is 18.1. The molecular weight excluding hydrogens is 304 g/mol. The summed E-state index contributed by atoms with van der Waals surface area (Å²) in [6, 6.07) is 0. The summed E-state index contributed by atoms with van der Waals surface area (Å²) in [4.78, 5) is 25.5. The zero-order valence-corrected chi connectivity index (χ0v) is 18.8. The molecule has 0 bridgehead atoms. The number of rotatable bonds is 6. The average Bonchev–Trinajstić information content (AvgIpc) is 2.31. The van der Waals surface area contributed by atoms with Crippen LogP contribution in [-0.2, 0) is 9.59 Å². The van der Waals surface area contributed by atoms with E-state index in [1.54, 1.807) is 0 Å². The van der Waals surface area contributed by atoms with Crippen molar-refractivity contribution in [3.05, 3.63) is 0 Å². The van der Waals surface area contributed by atoms with E-state index < -0.39 is 16.1 Å². The Morgan fingerprint density at radius 3 is 1.50 bits per heavy atom. The fraction of sp³-hybridized carbons (Fsp3) is 0.889. The Hall–Kier alpha value is -0.226. The molecule has 0 amide bonds. The quantitative estimate of drug-likeness (QED) is 0.586. The summed E-state index contributed by atoms with van der Waals surface area (Å²) in [5, 5.41) is 0.983. The van der Waals surface area contributed by atoms with Crippen molar-refractivity contribution >= 4 is 27.0 Å². The van der Waals surface area contributed by atoms with E-state index in [9.17, 15) is 9.59 Å². The third-order valence-electron chi connectivity index (χ3n) is 6.32. The van der Waals surface area contributed by atoms with Crippen LogP contribution in [0.1, 0.15) is 61.3 Å². The van der Waals surface area contributed by atoms with E-state index in [0.29, 0.717) is 17.2 Å². The lowest BCUT2D eigenvalue weighted by atomic mass is 10.1. The molecule has 0 aliphatic rings. The molecule has 0 fully saturated rings. The summed E-state index contributed by atoms with van der Waals surface area (Å²) in [5.74, 6) is 0.00890. The van der Waals surface area contributed by atoms with Crippen molar-refractivity contribution in [2.75, 3.05) is 0 Å². The first kappa shape index (κ1) is 21.8. The van der Waals surface area contributed by atoms with E-state index in [2.05, 4.69) is 67.7 Å². The van der Waals surface area contributed by atoms with Crippen molar-refractivity contribution in [2.45, 2.75) is 97.6 Å². The van der Waals surface area contributed by atoms with E-state index in [1.807, 2.05) is 6.92 Å². The van der Waals surface area contributed by atoms with Crippen LogP contribution in [0.2, 0.25) is 36.3 Å². The standard InChI is InChI=1S/C18H38O2Si2/c1-14(16(20)22(10,11)18(5,6)7)12-13-15(19)21(8,9)17(2,3)4/h14H,12-13H2,1-11H3. The van der Waals surface area contributed by atoms with Gasteiger partial charge >= 0.3 is 0 Å². The van der Waals surface area contributed by atoms with Gasteiger partial charge in [-0.3, -0.25) is 0 Å². The van der Waals surface area contributed by atoms with Gasteiger partial charge in [0.05, 0.1) is 0 Å². The summed E-state index contributed by atoms with van der Waals surface area (Å²) < 4.78 is 0. The maximum absolute atomic E-state index is 12.8. The molecule has 0 saturated heterocycles. The normalized spacial score (nSPS) is 15.6. The van der Waals surface area contributed by atoms with Crippen LogP contribution in [0, 0.1) is 5.92 Å². The molecule has 1 atom stereocenters. The minimum absolute atomic E-state index is 0.00890. The molecule has 0 aliphatic heterocycles. The smallest absolute Gasteiger partial charge is 0.132 e. The third kappa shape index (κ3) is 4.64. The first-order valence-electron chi connectivity index (χ1n) is 8.54. The third-order valence-corrected chi connectivity index (χ3v) is 17.2. The molecule has 4 heteroatoms. The number of hydrogen-bond acceptors (Lipinski definition) is 2. The van der Waals surface area contributed by atoms with Gasteiger partial charge < -0.3 is 9.59 Å². The van der Waals surface area contributed by atoms with Gasteiger partial charge in [-0.25, -0.2) is 0 Å². The second kappa shape index (κ2) is 6.72. The average molecular weight is 343 g/mol. The Kier molecular flexibility index (Phi) is 6.65. The number of carbonyl (C=O) groups is 2. The Balaban J connectivity index is 4.88. The lowest BCUT2D eigenvalue weighted by Crippen LogP contribution is -2.49. The van der Waals surface area contributed by atoms with Crippen molar-refractivity contribution in [3.63, 3.8) is 0 Å². The summed E-state index contributed by atoms with van der Waals surface area (Å²) >= 11 is 0. The van der Waals surface area contributed by atoms with Gasteiger partial charge in [0.25, 0.3) is 0 Å². The fourth-order valence-corrected chi connectivity index (χ4v) is 5.92. The Morgan fingerprint density at radius 1 is 0.818 bits per heavy atom. The molecule has 0 N–H and O–H groups in total. The lowest BCUT2D eigenvalue weighted by molar-refractivity contribution is -0.116. The minimum Gasteiger partial charge on any atom is -0.305 e. The molecule has 0 aromatic heterocycles. The van der Waals surface area contributed by atoms with Gasteiger partial charge in [0.1, 0.15) is 27.0 Å². The van der Waals surface area contributed by atoms with Crippen LogP contribution < -0.4 is 0 Å². The van der Waals surface area contributed by atoms with Crippen LogP contribution in [0.4, 0.5) is 0 Å². The van der Waals surface area contributed by atoms with Gasteiger partial charge in [0.2, 0.25) is 0 Å². The van der Waals surface area contributed by atoms with Crippen LogP contribution in [0.3, 0.4) is 0 Å². The van der Waals surface area contributed by atoms with Crippen molar-refractivity contribution in [1.29, 1.82) is 0 Å². The Labute approximate surface area is 140 Å². The van der Waals surface area contributed by atoms with E-state index in [0.717, 1.165) is 6.42 Å². The molecule has 0 rings (SSSR count). The minimum atomic E-state index is -1.96. The van der Waals surface area contributed by atoms with Crippen LogP contribution in [-0.4, -0.2) is 27.0 Å². The van der Waals surface area contributed by atoms with Crippen molar-refractivity contribution in [3.8, 4) is 0 Å². The van der Waals surface area contributed by atoms with Gasteiger partial charge in [-0.15, -0.1) is 0 Å². The number of carbonyl (C=O) groups excluding carboxylic acids is 2. The topological polar surface area (TPSA) is 34.1 Å². The molecular formula is C18H38O2Si2.